The summed E-state index contributed by atoms with van der Waals surface area (Å²) in [6, 6.07) is 12.4. The van der Waals surface area contributed by atoms with Crippen molar-refractivity contribution in [1.29, 1.82) is 0 Å². The molecule has 0 aromatic heterocycles. The van der Waals surface area contributed by atoms with Crippen molar-refractivity contribution in [1.82, 2.24) is 0 Å². The van der Waals surface area contributed by atoms with Gasteiger partial charge >= 0.3 is 0 Å². The molecule has 0 bridgehead atoms. The SMILES string of the molecule is Cc1cc(Br)c(NC2c3ccccc3OCC2C)cc1Cl. The molecule has 0 aliphatic carbocycles. The number of benzene rings is 2. The Hall–Kier alpha value is -1.19. The normalized spacial score (nSPS) is 20.6. The maximum atomic E-state index is 6.25. The third-order valence-corrected chi connectivity index (χ3v) is 4.95. The Morgan fingerprint density at radius 1 is 1.29 bits per heavy atom. The van der Waals surface area contributed by atoms with Gasteiger partial charge in [-0.3, -0.25) is 0 Å². The molecule has 0 amide bonds. The van der Waals surface area contributed by atoms with Crippen molar-refractivity contribution in [3.63, 3.8) is 0 Å². The first-order valence-electron chi connectivity index (χ1n) is 7.00. The predicted molar refractivity (Wildman–Crippen MR) is 91.4 cm³/mol. The second-order valence-electron chi connectivity index (χ2n) is 5.53. The van der Waals surface area contributed by atoms with Gasteiger partial charge in [0, 0.05) is 21.0 Å². The van der Waals surface area contributed by atoms with Gasteiger partial charge in [-0.05, 0) is 46.6 Å². The van der Waals surface area contributed by atoms with E-state index in [1.54, 1.807) is 0 Å². The molecule has 0 fully saturated rings. The molecule has 1 N–H and O–H groups in total. The maximum Gasteiger partial charge on any atom is 0.124 e. The van der Waals surface area contributed by atoms with E-state index in [9.17, 15) is 0 Å². The van der Waals surface area contributed by atoms with Crippen molar-refractivity contribution in [3.8, 4) is 5.75 Å². The Labute approximate surface area is 138 Å². The van der Waals surface area contributed by atoms with Gasteiger partial charge in [0.05, 0.1) is 18.3 Å². The summed E-state index contributed by atoms with van der Waals surface area (Å²) in [5.74, 6) is 1.34. The Balaban J connectivity index is 1.96. The van der Waals surface area contributed by atoms with E-state index < -0.39 is 0 Å². The second kappa shape index (κ2) is 5.90. The first kappa shape index (κ1) is 14.7. The number of rotatable bonds is 2. The molecule has 4 heteroatoms. The largest absolute Gasteiger partial charge is 0.493 e. The quantitative estimate of drug-likeness (QED) is 0.747. The summed E-state index contributed by atoms with van der Waals surface area (Å²) < 4.78 is 6.83. The first-order chi connectivity index (χ1) is 10.1. The van der Waals surface area contributed by atoms with Crippen LogP contribution in [0.25, 0.3) is 0 Å². The Morgan fingerprint density at radius 2 is 2.05 bits per heavy atom. The van der Waals surface area contributed by atoms with Gasteiger partial charge in [-0.2, -0.15) is 0 Å². The number of fused-ring (bicyclic) bond motifs is 1. The molecule has 0 radical (unpaired) electrons. The molecule has 21 heavy (non-hydrogen) atoms. The van der Waals surface area contributed by atoms with Crippen LogP contribution in [0.4, 0.5) is 5.69 Å². The molecule has 2 aromatic rings. The Morgan fingerprint density at radius 3 is 2.86 bits per heavy atom. The second-order valence-corrected chi connectivity index (χ2v) is 6.79. The van der Waals surface area contributed by atoms with E-state index in [1.807, 2.05) is 37.3 Å². The number of para-hydroxylation sites is 1. The minimum Gasteiger partial charge on any atom is -0.493 e. The molecular weight excluding hydrogens is 350 g/mol. The first-order valence-corrected chi connectivity index (χ1v) is 8.17. The number of nitrogens with one attached hydrogen (secondary N) is 1. The summed E-state index contributed by atoms with van der Waals surface area (Å²) in [6.07, 6.45) is 0. The standard InChI is InChI=1S/C17H17BrClNO/c1-10-7-13(18)15(8-14(10)19)20-17-11(2)9-21-16-6-4-3-5-12(16)17/h3-8,11,17,20H,9H2,1-2H3. The van der Waals surface area contributed by atoms with Gasteiger partial charge in [0.1, 0.15) is 5.75 Å². The monoisotopic (exact) mass is 365 g/mol. The van der Waals surface area contributed by atoms with E-state index in [0.717, 1.165) is 26.5 Å². The number of hydrogen-bond donors (Lipinski definition) is 1. The van der Waals surface area contributed by atoms with Crippen LogP contribution in [0.2, 0.25) is 5.02 Å². The topological polar surface area (TPSA) is 21.3 Å². The fourth-order valence-corrected chi connectivity index (χ4v) is 3.37. The number of hydrogen-bond acceptors (Lipinski definition) is 2. The van der Waals surface area contributed by atoms with Gasteiger partial charge in [0.2, 0.25) is 0 Å². The van der Waals surface area contributed by atoms with Gasteiger partial charge in [-0.1, -0.05) is 36.7 Å². The molecular formula is C17H17BrClNO. The molecule has 2 nitrogen and oxygen atoms in total. The third kappa shape index (κ3) is 2.90. The zero-order chi connectivity index (χ0) is 15.0. The molecule has 0 saturated carbocycles. The lowest BCUT2D eigenvalue weighted by Crippen LogP contribution is -2.28. The van der Waals surface area contributed by atoms with Crippen LogP contribution in [0.3, 0.4) is 0 Å². The van der Waals surface area contributed by atoms with Crippen LogP contribution in [0.5, 0.6) is 5.75 Å². The highest BCUT2D eigenvalue weighted by Crippen LogP contribution is 2.39. The maximum absolute atomic E-state index is 6.25. The summed E-state index contributed by atoms with van der Waals surface area (Å²) in [7, 11) is 0. The summed E-state index contributed by atoms with van der Waals surface area (Å²) in [4.78, 5) is 0. The van der Waals surface area contributed by atoms with Gasteiger partial charge in [0.15, 0.2) is 0 Å². The van der Waals surface area contributed by atoms with E-state index in [-0.39, 0.29) is 6.04 Å². The molecule has 1 aliphatic rings. The van der Waals surface area contributed by atoms with E-state index in [4.69, 9.17) is 16.3 Å². The van der Waals surface area contributed by atoms with Crippen LogP contribution in [-0.2, 0) is 0 Å². The van der Waals surface area contributed by atoms with E-state index in [1.165, 1.54) is 5.56 Å². The molecule has 1 heterocycles. The van der Waals surface area contributed by atoms with Crippen LogP contribution >= 0.6 is 27.5 Å². The van der Waals surface area contributed by atoms with Crippen molar-refractivity contribution in [2.75, 3.05) is 11.9 Å². The van der Waals surface area contributed by atoms with E-state index in [0.29, 0.717) is 12.5 Å². The Kier molecular flexibility index (Phi) is 4.14. The molecule has 3 rings (SSSR count). The third-order valence-electron chi connectivity index (χ3n) is 3.88. The van der Waals surface area contributed by atoms with Crippen LogP contribution < -0.4 is 10.1 Å². The van der Waals surface area contributed by atoms with Crippen LogP contribution in [0, 0.1) is 12.8 Å². The van der Waals surface area contributed by atoms with Crippen molar-refractivity contribution in [2.24, 2.45) is 5.92 Å². The zero-order valence-electron chi connectivity index (χ0n) is 12.0. The number of anilines is 1. The van der Waals surface area contributed by atoms with Crippen molar-refractivity contribution in [2.45, 2.75) is 19.9 Å². The molecule has 110 valence electrons. The predicted octanol–water partition coefficient (Wildman–Crippen LogP) is 5.59. The lowest BCUT2D eigenvalue weighted by atomic mass is 9.92. The fourth-order valence-electron chi connectivity index (χ4n) is 2.64. The molecule has 1 aliphatic heterocycles. The smallest absolute Gasteiger partial charge is 0.124 e. The zero-order valence-corrected chi connectivity index (χ0v) is 14.3. The highest BCUT2D eigenvalue weighted by atomic mass is 79.9. The van der Waals surface area contributed by atoms with Gasteiger partial charge < -0.3 is 10.1 Å². The minimum absolute atomic E-state index is 0.213. The summed E-state index contributed by atoms with van der Waals surface area (Å²) in [6.45, 7) is 4.91. The van der Waals surface area contributed by atoms with Crippen LogP contribution in [0.15, 0.2) is 40.9 Å². The lowest BCUT2D eigenvalue weighted by molar-refractivity contribution is 0.214. The number of aryl methyl sites for hydroxylation is 1. The Bertz CT molecular complexity index is 674. The van der Waals surface area contributed by atoms with Gasteiger partial charge in [-0.25, -0.2) is 0 Å². The molecule has 2 aromatic carbocycles. The average Bonchev–Trinajstić information content (AvgIpc) is 2.47. The average molecular weight is 367 g/mol. The molecule has 2 unspecified atom stereocenters. The molecule has 0 spiro atoms. The lowest BCUT2D eigenvalue weighted by Gasteiger charge is -2.33. The number of ether oxygens (including phenoxy) is 1. The molecule has 2 atom stereocenters. The van der Waals surface area contributed by atoms with Gasteiger partial charge in [0.25, 0.3) is 0 Å². The summed E-state index contributed by atoms with van der Waals surface area (Å²) in [5.41, 5.74) is 3.27. The summed E-state index contributed by atoms with van der Waals surface area (Å²) >= 11 is 9.87. The highest BCUT2D eigenvalue weighted by molar-refractivity contribution is 9.10. The van der Waals surface area contributed by atoms with Crippen LogP contribution in [0.1, 0.15) is 24.1 Å². The molecule has 0 saturated heterocycles. The van der Waals surface area contributed by atoms with Crippen LogP contribution in [-0.4, -0.2) is 6.61 Å². The van der Waals surface area contributed by atoms with Gasteiger partial charge in [-0.15, -0.1) is 0 Å². The van der Waals surface area contributed by atoms with Crippen molar-refractivity contribution >= 4 is 33.2 Å². The van der Waals surface area contributed by atoms with Crippen molar-refractivity contribution < 1.29 is 4.74 Å². The van der Waals surface area contributed by atoms with E-state index in [2.05, 4.69) is 34.2 Å². The van der Waals surface area contributed by atoms with E-state index >= 15 is 0 Å². The number of halogens is 2. The minimum atomic E-state index is 0.213. The fraction of sp³-hybridized carbons (Fsp3) is 0.294. The van der Waals surface area contributed by atoms with Crippen molar-refractivity contribution in [3.05, 3.63) is 57.0 Å². The summed E-state index contributed by atoms with van der Waals surface area (Å²) in [5, 5.41) is 4.38. The highest BCUT2D eigenvalue weighted by Gasteiger charge is 2.28.